The molecule has 4 rings (SSSR count). The molecule has 0 radical (unpaired) electrons. The predicted molar refractivity (Wildman–Crippen MR) is 142 cm³/mol. The smallest absolute Gasteiger partial charge is 0 e. The standard InChI is InChI=1S/C29H30P2.Pd/c1-29(2,23-30(25-15-7-3-8-16-25)26-17-9-4-10-18-26)24-31(27-19-11-5-12-20-27)28-21-13-6-14-22-28;/h3-22H,23-24H2,1-2H3;. The van der Waals surface area contributed by atoms with Gasteiger partial charge >= 0.3 is 0 Å². The van der Waals surface area contributed by atoms with E-state index in [1.807, 2.05) is 0 Å². The van der Waals surface area contributed by atoms with E-state index < -0.39 is 15.8 Å². The van der Waals surface area contributed by atoms with Gasteiger partial charge in [-0.15, -0.1) is 0 Å². The summed E-state index contributed by atoms with van der Waals surface area (Å²) in [4.78, 5) is 0. The molecule has 0 atom stereocenters. The van der Waals surface area contributed by atoms with Gasteiger partial charge in [0.15, 0.2) is 0 Å². The second-order valence-corrected chi connectivity index (χ2v) is 13.1. The van der Waals surface area contributed by atoms with Crippen LogP contribution < -0.4 is 21.2 Å². The van der Waals surface area contributed by atoms with Crippen LogP contribution in [0.1, 0.15) is 13.8 Å². The Morgan fingerprint density at radius 2 is 0.656 bits per heavy atom. The zero-order valence-electron chi connectivity index (χ0n) is 18.7. The van der Waals surface area contributed by atoms with Gasteiger partial charge in [-0.05, 0) is 54.8 Å². The molecule has 0 saturated heterocycles. The molecule has 0 aromatic heterocycles. The molecule has 0 fully saturated rings. The first-order valence-electron chi connectivity index (χ1n) is 10.9. The van der Waals surface area contributed by atoms with Crippen molar-refractivity contribution in [1.29, 1.82) is 0 Å². The van der Waals surface area contributed by atoms with Gasteiger partial charge in [-0.3, -0.25) is 0 Å². The van der Waals surface area contributed by atoms with Crippen LogP contribution in [0.25, 0.3) is 0 Å². The quantitative estimate of drug-likeness (QED) is 0.180. The monoisotopic (exact) mass is 546 g/mol. The Kier molecular flexibility index (Phi) is 9.41. The van der Waals surface area contributed by atoms with Crippen LogP contribution in [0.3, 0.4) is 0 Å². The van der Waals surface area contributed by atoms with Crippen LogP contribution in [0.2, 0.25) is 0 Å². The molecule has 0 aliphatic heterocycles. The minimum Gasteiger partial charge on any atom is -0.0622 e. The van der Waals surface area contributed by atoms with E-state index in [-0.39, 0.29) is 25.8 Å². The fourth-order valence-electron chi connectivity index (χ4n) is 4.00. The third-order valence-corrected chi connectivity index (χ3v) is 11.5. The fourth-order valence-corrected chi connectivity index (χ4v) is 9.57. The summed E-state index contributed by atoms with van der Waals surface area (Å²) in [6.07, 6.45) is 2.38. The summed E-state index contributed by atoms with van der Waals surface area (Å²) in [6.45, 7) is 4.94. The molecular weight excluding hydrogens is 517 g/mol. The minimum absolute atomic E-state index is 0. The first kappa shape index (κ1) is 25.0. The van der Waals surface area contributed by atoms with Gasteiger partial charge < -0.3 is 0 Å². The van der Waals surface area contributed by atoms with Crippen molar-refractivity contribution in [3.05, 3.63) is 121 Å². The normalized spacial score (nSPS) is 11.4. The Morgan fingerprint density at radius 3 is 0.875 bits per heavy atom. The van der Waals surface area contributed by atoms with Crippen LogP contribution in [-0.2, 0) is 20.4 Å². The van der Waals surface area contributed by atoms with Gasteiger partial charge in [-0.25, -0.2) is 0 Å². The van der Waals surface area contributed by atoms with E-state index >= 15 is 0 Å². The van der Waals surface area contributed by atoms with Crippen molar-refractivity contribution >= 4 is 37.1 Å². The van der Waals surface area contributed by atoms with Gasteiger partial charge in [0.25, 0.3) is 0 Å². The Hall–Kier alpha value is -1.60. The van der Waals surface area contributed by atoms with E-state index in [4.69, 9.17) is 0 Å². The SMILES string of the molecule is CC(C)(CP(c1ccccc1)c1ccccc1)CP(c1ccccc1)c1ccccc1.[Pd]. The summed E-state index contributed by atoms with van der Waals surface area (Å²) in [5.74, 6) is 0. The first-order valence-corrected chi connectivity index (χ1v) is 13.9. The van der Waals surface area contributed by atoms with Gasteiger partial charge in [-0.2, -0.15) is 0 Å². The number of hydrogen-bond acceptors (Lipinski definition) is 0. The maximum atomic E-state index is 2.47. The van der Waals surface area contributed by atoms with E-state index in [0.29, 0.717) is 0 Å². The van der Waals surface area contributed by atoms with Gasteiger partial charge in [0, 0.05) is 20.4 Å². The van der Waals surface area contributed by atoms with E-state index in [1.165, 1.54) is 33.5 Å². The molecular formula is C29H30P2Pd. The van der Waals surface area contributed by atoms with Crippen molar-refractivity contribution in [3.63, 3.8) is 0 Å². The summed E-state index contributed by atoms with van der Waals surface area (Å²) in [6, 6.07) is 44.4. The molecule has 0 spiro atoms. The zero-order chi connectivity index (χ0) is 21.5. The van der Waals surface area contributed by atoms with E-state index in [0.717, 1.165) is 0 Å². The Balaban J connectivity index is 0.00000289. The van der Waals surface area contributed by atoms with Crippen molar-refractivity contribution in [1.82, 2.24) is 0 Å². The van der Waals surface area contributed by atoms with Gasteiger partial charge in [-0.1, -0.05) is 135 Å². The molecule has 32 heavy (non-hydrogen) atoms. The second kappa shape index (κ2) is 12.0. The molecule has 4 aromatic rings. The summed E-state index contributed by atoms with van der Waals surface area (Å²) >= 11 is 0. The van der Waals surface area contributed by atoms with Gasteiger partial charge in [0.1, 0.15) is 0 Å². The van der Waals surface area contributed by atoms with Crippen LogP contribution in [-0.4, -0.2) is 12.3 Å². The second-order valence-electron chi connectivity index (χ2n) is 8.68. The van der Waals surface area contributed by atoms with Crippen LogP contribution in [0, 0.1) is 5.41 Å². The van der Waals surface area contributed by atoms with Crippen LogP contribution in [0.5, 0.6) is 0 Å². The summed E-state index contributed by atoms with van der Waals surface area (Å²) in [5, 5.41) is 5.89. The summed E-state index contributed by atoms with van der Waals surface area (Å²) in [7, 11) is -0.794. The van der Waals surface area contributed by atoms with Gasteiger partial charge in [0.2, 0.25) is 0 Å². The van der Waals surface area contributed by atoms with Crippen molar-refractivity contribution in [3.8, 4) is 0 Å². The average Bonchev–Trinajstić information content (AvgIpc) is 2.83. The molecule has 3 heteroatoms. The molecule has 0 amide bonds. The van der Waals surface area contributed by atoms with Gasteiger partial charge in [0.05, 0.1) is 0 Å². The molecule has 0 saturated carbocycles. The molecule has 166 valence electrons. The first-order chi connectivity index (χ1) is 15.1. The molecule has 4 aromatic carbocycles. The van der Waals surface area contributed by atoms with Crippen LogP contribution in [0.4, 0.5) is 0 Å². The van der Waals surface area contributed by atoms with Crippen molar-refractivity contribution < 1.29 is 20.4 Å². The topological polar surface area (TPSA) is 0 Å². The number of rotatable bonds is 8. The average molecular weight is 547 g/mol. The minimum atomic E-state index is -0.397. The summed E-state index contributed by atoms with van der Waals surface area (Å²) < 4.78 is 0. The molecule has 0 nitrogen and oxygen atoms in total. The van der Waals surface area contributed by atoms with Crippen molar-refractivity contribution in [2.75, 3.05) is 12.3 Å². The van der Waals surface area contributed by atoms with Crippen molar-refractivity contribution in [2.45, 2.75) is 13.8 Å². The van der Waals surface area contributed by atoms with Crippen LogP contribution in [0.15, 0.2) is 121 Å². The number of hydrogen-bond donors (Lipinski definition) is 0. The zero-order valence-corrected chi connectivity index (χ0v) is 22.0. The fraction of sp³-hybridized carbons (Fsp3) is 0.172. The Labute approximate surface area is 209 Å². The molecule has 0 aliphatic carbocycles. The maximum absolute atomic E-state index is 2.47. The Bertz CT molecular complexity index is 885. The molecule has 0 aliphatic rings. The maximum Gasteiger partial charge on any atom is 0 e. The van der Waals surface area contributed by atoms with Crippen LogP contribution >= 0.6 is 15.8 Å². The third kappa shape index (κ3) is 6.70. The molecule has 0 bridgehead atoms. The molecule has 0 heterocycles. The molecule has 0 N–H and O–H groups in total. The van der Waals surface area contributed by atoms with E-state index in [2.05, 4.69) is 135 Å². The predicted octanol–water partition coefficient (Wildman–Crippen LogP) is 6.28. The molecule has 0 unspecified atom stereocenters. The summed E-state index contributed by atoms with van der Waals surface area (Å²) in [5.41, 5.74) is 0.217. The third-order valence-electron chi connectivity index (χ3n) is 5.44. The van der Waals surface area contributed by atoms with E-state index in [9.17, 15) is 0 Å². The number of benzene rings is 4. The largest absolute Gasteiger partial charge is 0.0622 e. The van der Waals surface area contributed by atoms with E-state index in [1.54, 1.807) is 0 Å². The van der Waals surface area contributed by atoms with Crippen molar-refractivity contribution in [2.24, 2.45) is 5.41 Å². The Morgan fingerprint density at radius 1 is 0.438 bits per heavy atom.